The smallest absolute Gasteiger partial charge is 0.0445 e. The van der Waals surface area contributed by atoms with E-state index in [1.165, 1.54) is 30.6 Å². The van der Waals surface area contributed by atoms with Gasteiger partial charge >= 0.3 is 0 Å². The van der Waals surface area contributed by atoms with Gasteiger partial charge in [-0.3, -0.25) is 0 Å². The molecular weight excluding hydrogens is 226 g/mol. The molecular formula is C15H25NS. The van der Waals surface area contributed by atoms with E-state index in [-0.39, 0.29) is 0 Å². The van der Waals surface area contributed by atoms with Gasteiger partial charge in [0, 0.05) is 17.0 Å². The van der Waals surface area contributed by atoms with Crippen LogP contribution in [0.4, 0.5) is 0 Å². The highest BCUT2D eigenvalue weighted by molar-refractivity contribution is 7.10. The molecule has 0 amide bonds. The predicted octanol–water partition coefficient (Wildman–Crippen LogP) is 4.61. The molecule has 1 saturated carbocycles. The first-order valence-electron chi connectivity index (χ1n) is 7.00. The summed E-state index contributed by atoms with van der Waals surface area (Å²) >= 11 is 1.90. The van der Waals surface area contributed by atoms with Gasteiger partial charge in [-0.25, -0.2) is 0 Å². The Kier molecular flexibility index (Phi) is 4.63. The highest BCUT2D eigenvalue weighted by Crippen LogP contribution is 2.42. The summed E-state index contributed by atoms with van der Waals surface area (Å²) in [6, 6.07) is 5.72. The average molecular weight is 251 g/mol. The van der Waals surface area contributed by atoms with Crippen LogP contribution >= 0.6 is 11.3 Å². The van der Waals surface area contributed by atoms with Crippen molar-refractivity contribution in [3.05, 3.63) is 22.4 Å². The van der Waals surface area contributed by atoms with Gasteiger partial charge in [-0.15, -0.1) is 11.3 Å². The molecule has 3 atom stereocenters. The first-order valence-corrected chi connectivity index (χ1v) is 7.88. The fourth-order valence-electron chi connectivity index (χ4n) is 2.49. The number of rotatable bonds is 7. The van der Waals surface area contributed by atoms with E-state index in [9.17, 15) is 0 Å². The van der Waals surface area contributed by atoms with Crippen LogP contribution in [0.3, 0.4) is 0 Å². The lowest BCUT2D eigenvalue weighted by molar-refractivity contribution is 0.360. The fraction of sp³-hybridized carbons (Fsp3) is 0.733. The third-order valence-corrected chi connectivity index (χ3v) is 4.82. The molecule has 1 fully saturated rings. The van der Waals surface area contributed by atoms with Gasteiger partial charge in [0.25, 0.3) is 0 Å². The molecule has 1 aliphatic rings. The van der Waals surface area contributed by atoms with E-state index in [1.54, 1.807) is 0 Å². The van der Waals surface area contributed by atoms with Crippen molar-refractivity contribution in [2.45, 2.75) is 58.5 Å². The highest BCUT2D eigenvalue weighted by atomic mass is 32.1. The second-order valence-electron chi connectivity index (χ2n) is 5.65. The Hall–Kier alpha value is -0.340. The Morgan fingerprint density at radius 1 is 1.41 bits per heavy atom. The molecule has 1 aromatic rings. The topological polar surface area (TPSA) is 12.0 Å². The van der Waals surface area contributed by atoms with Crippen LogP contribution in [-0.2, 0) is 0 Å². The van der Waals surface area contributed by atoms with Gasteiger partial charge in [0.1, 0.15) is 0 Å². The maximum absolute atomic E-state index is 3.86. The second kappa shape index (κ2) is 6.01. The van der Waals surface area contributed by atoms with Crippen molar-refractivity contribution in [3.63, 3.8) is 0 Å². The Bertz CT molecular complexity index is 316. The number of hydrogen-bond acceptors (Lipinski definition) is 2. The lowest BCUT2D eigenvalue weighted by Gasteiger charge is -2.24. The average Bonchev–Trinajstić information content (AvgIpc) is 3.00. The summed E-state index contributed by atoms with van der Waals surface area (Å²) in [6.45, 7) is 6.99. The van der Waals surface area contributed by atoms with Gasteiger partial charge in [-0.2, -0.15) is 0 Å². The van der Waals surface area contributed by atoms with Crippen molar-refractivity contribution in [2.75, 3.05) is 0 Å². The third kappa shape index (κ3) is 3.82. The molecule has 1 aliphatic carbocycles. The van der Waals surface area contributed by atoms with Gasteiger partial charge in [0.2, 0.25) is 0 Å². The molecule has 1 aromatic heterocycles. The largest absolute Gasteiger partial charge is 0.306 e. The summed E-state index contributed by atoms with van der Waals surface area (Å²) in [5.41, 5.74) is 0. The van der Waals surface area contributed by atoms with E-state index in [1.807, 2.05) is 11.3 Å². The zero-order valence-electron chi connectivity index (χ0n) is 11.3. The molecule has 0 saturated heterocycles. The fourth-order valence-corrected chi connectivity index (χ4v) is 3.37. The van der Waals surface area contributed by atoms with E-state index in [0.717, 1.165) is 11.8 Å². The zero-order chi connectivity index (χ0) is 12.3. The summed E-state index contributed by atoms with van der Waals surface area (Å²) in [7, 11) is 0. The lowest BCUT2D eigenvalue weighted by atomic mass is 9.99. The molecule has 0 aliphatic heterocycles. The molecule has 2 heteroatoms. The first-order chi connectivity index (χ1) is 8.20. The van der Waals surface area contributed by atoms with Crippen LogP contribution in [0.1, 0.15) is 57.4 Å². The van der Waals surface area contributed by atoms with Crippen molar-refractivity contribution < 1.29 is 0 Å². The number of nitrogens with one attached hydrogen (secondary N) is 1. The van der Waals surface area contributed by atoms with E-state index in [2.05, 4.69) is 43.6 Å². The molecule has 1 N–H and O–H groups in total. The zero-order valence-corrected chi connectivity index (χ0v) is 12.1. The Labute approximate surface area is 110 Å². The molecule has 1 nitrogen and oxygen atoms in total. The van der Waals surface area contributed by atoms with Gasteiger partial charge in [0.15, 0.2) is 0 Å². The second-order valence-corrected chi connectivity index (χ2v) is 6.63. The third-order valence-electron chi connectivity index (χ3n) is 3.86. The van der Waals surface area contributed by atoms with Crippen molar-refractivity contribution in [1.29, 1.82) is 0 Å². The Morgan fingerprint density at radius 2 is 2.18 bits per heavy atom. The van der Waals surface area contributed by atoms with Gasteiger partial charge in [0.05, 0.1) is 0 Å². The van der Waals surface area contributed by atoms with Crippen LogP contribution in [0.25, 0.3) is 0 Å². The van der Waals surface area contributed by atoms with Gasteiger partial charge in [-0.05, 0) is 49.5 Å². The maximum atomic E-state index is 3.86. The number of thiophene rings is 1. The summed E-state index contributed by atoms with van der Waals surface area (Å²) in [4.78, 5) is 1.53. The summed E-state index contributed by atoms with van der Waals surface area (Å²) in [5.74, 6) is 1.73. The molecule has 0 radical (unpaired) electrons. The SMILES string of the molecule is CCC(C)CC(C)NC(c1cccs1)C1CC1. The number of hydrogen-bond donors (Lipinski definition) is 1. The monoisotopic (exact) mass is 251 g/mol. The van der Waals surface area contributed by atoms with Crippen LogP contribution < -0.4 is 5.32 Å². The molecule has 2 rings (SSSR count). The Morgan fingerprint density at radius 3 is 2.71 bits per heavy atom. The molecule has 0 spiro atoms. The van der Waals surface area contributed by atoms with Crippen molar-refractivity contribution in [3.8, 4) is 0 Å². The molecule has 17 heavy (non-hydrogen) atoms. The minimum absolute atomic E-state index is 0.619. The molecule has 0 aromatic carbocycles. The summed E-state index contributed by atoms with van der Waals surface area (Å²) < 4.78 is 0. The quantitative estimate of drug-likeness (QED) is 0.746. The van der Waals surface area contributed by atoms with Crippen LogP contribution in [0.15, 0.2) is 17.5 Å². The van der Waals surface area contributed by atoms with Crippen molar-refractivity contribution >= 4 is 11.3 Å². The van der Waals surface area contributed by atoms with E-state index < -0.39 is 0 Å². The van der Waals surface area contributed by atoms with Crippen molar-refractivity contribution in [2.24, 2.45) is 11.8 Å². The minimum Gasteiger partial charge on any atom is -0.306 e. The van der Waals surface area contributed by atoms with E-state index >= 15 is 0 Å². The predicted molar refractivity (Wildman–Crippen MR) is 76.5 cm³/mol. The lowest BCUT2D eigenvalue weighted by Crippen LogP contribution is -2.32. The molecule has 1 heterocycles. The molecule has 3 unspecified atom stereocenters. The van der Waals surface area contributed by atoms with Crippen LogP contribution in [-0.4, -0.2) is 6.04 Å². The normalized spacial score (nSPS) is 21.1. The first kappa shape index (κ1) is 13.1. The maximum Gasteiger partial charge on any atom is 0.0445 e. The molecule has 96 valence electrons. The van der Waals surface area contributed by atoms with Crippen molar-refractivity contribution in [1.82, 2.24) is 5.32 Å². The van der Waals surface area contributed by atoms with Gasteiger partial charge < -0.3 is 5.32 Å². The Balaban J connectivity index is 1.90. The molecule has 0 bridgehead atoms. The van der Waals surface area contributed by atoms with Crippen LogP contribution in [0.5, 0.6) is 0 Å². The highest BCUT2D eigenvalue weighted by Gasteiger charge is 2.33. The summed E-state index contributed by atoms with van der Waals surface area (Å²) in [5, 5.41) is 6.06. The van der Waals surface area contributed by atoms with Gasteiger partial charge in [-0.1, -0.05) is 26.3 Å². The van der Waals surface area contributed by atoms with E-state index in [0.29, 0.717) is 12.1 Å². The standard InChI is InChI=1S/C15H25NS/c1-4-11(2)10-12(3)16-15(13-7-8-13)14-6-5-9-17-14/h5-6,9,11-13,15-16H,4,7-8,10H2,1-3H3. The van der Waals surface area contributed by atoms with E-state index in [4.69, 9.17) is 0 Å². The minimum atomic E-state index is 0.619. The van der Waals surface area contributed by atoms with Crippen LogP contribution in [0.2, 0.25) is 0 Å². The summed E-state index contributed by atoms with van der Waals surface area (Å²) in [6.07, 6.45) is 5.40. The van der Waals surface area contributed by atoms with Crippen LogP contribution in [0, 0.1) is 11.8 Å².